The molecule has 2 unspecified atom stereocenters. The van der Waals surface area contributed by atoms with E-state index in [9.17, 15) is 5.26 Å². The van der Waals surface area contributed by atoms with Crippen molar-refractivity contribution in [1.29, 1.82) is 5.26 Å². The molecule has 2 heterocycles. The van der Waals surface area contributed by atoms with Crippen molar-refractivity contribution in [3.63, 3.8) is 0 Å². The third kappa shape index (κ3) is 2.10. The van der Waals surface area contributed by atoms with Gasteiger partial charge in [-0.1, -0.05) is 19.8 Å². The summed E-state index contributed by atoms with van der Waals surface area (Å²) in [6, 6.07) is 2.51. The summed E-state index contributed by atoms with van der Waals surface area (Å²) in [6.45, 7) is 2.24. The summed E-state index contributed by atoms with van der Waals surface area (Å²) in [6.07, 6.45) is 6.33. The largest absolute Gasteiger partial charge is 0.378 e. The molecule has 0 saturated heterocycles. The smallest absolute Gasteiger partial charge is 0.224 e. The van der Waals surface area contributed by atoms with Gasteiger partial charge in [-0.3, -0.25) is 0 Å². The highest BCUT2D eigenvalue weighted by molar-refractivity contribution is 5.73. The van der Waals surface area contributed by atoms with Gasteiger partial charge in [0.15, 0.2) is 0 Å². The Labute approximate surface area is 110 Å². The number of nitrogens with one attached hydrogen (secondary N) is 1. The highest BCUT2D eigenvalue weighted by atomic mass is 15.6. The number of aromatic nitrogens is 5. The second-order valence-corrected chi connectivity index (χ2v) is 5.05. The van der Waals surface area contributed by atoms with Crippen molar-refractivity contribution in [2.75, 3.05) is 5.32 Å². The van der Waals surface area contributed by atoms with E-state index in [0.29, 0.717) is 28.9 Å². The molecule has 2 aromatic rings. The molecule has 3 rings (SSSR count). The molecule has 1 aliphatic rings. The zero-order valence-electron chi connectivity index (χ0n) is 10.7. The van der Waals surface area contributed by atoms with Gasteiger partial charge in [0.25, 0.3) is 0 Å². The average molecular weight is 257 g/mol. The molecular weight excluding hydrogens is 242 g/mol. The Bertz CT molecular complexity index is 627. The Morgan fingerprint density at radius 1 is 1.42 bits per heavy atom. The van der Waals surface area contributed by atoms with Crippen LogP contribution in [0.5, 0.6) is 0 Å². The maximum atomic E-state index is 9.20. The molecular formula is C12H15N7. The fourth-order valence-corrected chi connectivity index (χ4v) is 2.65. The minimum atomic E-state index is 0.365. The highest BCUT2D eigenvalue weighted by Crippen LogP contribution is 2.28. The molecule has 0 spiro atoms. The van der Waals surface area contributed by atoms with Crippen LogP contribution in [0.15, 0.2) is 6.20 Å². The van der Waals surface area contributed by atoms with Crippen molar-refractivity contribution in [2.45, 2.75) is 38.6 Å². The van der Waals surface area contributed by atoms with Crippen molar-refractivity contribution >= 4 is 11.3 Å². The van der Waals surface area contributed by atoms with Crippen LogP contribution in [-0.2, 0) is 0 Å². The summed E-state index contributed by atoms with van der Waals surface area (Å²) >= 11 is 0. The van der Waals surface area contributed by atoms with E-state index < -0.39 is 0 Å². The first-order valence-corrected chi connectivity index (χ1v) is 6.53. The lowest BCUT2D eigenvalue weighted by atomic mass is 9.86. The van der Waals surface area contributed by atoms with E-state index in [-0.39, 0.29) is 0 Å². The molecule has 0 radical (unpaired) electrons. The maximum Gasteiger partial charge on any atom is 0.224 e. The van der Waals surface area contributed by atoms with Crippen LogP contribution in [-0.4, -0.2) is 31.3 Å². The first-order chi connectivity index (χ1) is 9.29. The van der Waals surface area contributed by atoms with Gasteiger partial charge in [0, 0.05) is 6.04 Å². The first kappa shape index (κ1) is 11.8. The van der Waals surface area contributed by atoms with Gasteiger partial charge in [0.2, 0.25) is 5.65 Å². The molecule has 7 nitrogen and oxygen atoms in total. The van der Waals surface area contributed by atoms with Crippen molar-refractivity contribution in [3.05, 3.63) is 11.8 Å². The molecule has 0 aliphatic heterocycles. The molecule has 7 heteroatoms. The van der Waals surface area contributed by atoms with Gasteiger partial charge in [0.1, 0.15) is 11.8 Å². The second kappa shape index (κ2) is 4.80. The third-order valence-electron chi connectivity index (χ3n) is 3.80. The van der Waals surface area contributed by atoms with Crippen LogP contribution in [0.4, 0.5) is 5.69 Å². The van der Waals surface area contributed by atoms with Crippen molar-refractivity contribution in [2.24, 2.45) is 5.92 Å². The predicted molar refractivity (Wildman–Crippen MR) is 68.3 cm³/mol. The lowest BCUT2D eigenvalue weighted by Gasteiger charge is -2.30. The molecule has 1 aliphatic carbocycles. The Hall–Kier alpha value is -2.23. The normalized spacial score (nSPS) is 23.2. The lowest BCUT2D eigenvalue weighted by molar-refractivity contribution is 0.349. The third-order valence-corrected chi connectivity index (χ3v) is 3.80. The van der Waals surface area contributed by atoms with Gasteiger partial charge in [-0.2, -0.15) is 10.4 Å². The van der Waals surface area contributed by atoms with E-state index in [1.165, 1.54) is 30.1 Å². The molecule has 0 bridgehead atoms. The SMILES string of the molecule is CC1CCCCC1Nc1c(C#N)cnn2nnnc12. The van der Waals surface area contributed by atoms with Crippen LogP contribution in [0.25, 0.3) is 5.65 Å². The molecule has 0 aromatic carbocycles. The van der Waals surface area contributed by atoms with E-state index in [1.54, 1.807) is 0 Å². The molecule has 1 saturated carbocycles. The summed E-state index contributed by atoms with van der Waals surface area (Å²) in [4.78, 5) is 0. The number of anilines is 1. The van der Waals surface area contributed by atoms with E-state index in [4.69, 9.17) is 0 Å². The van der Waals surface area contributed by atoms with Gasteiger partial charge < -0.3 is 5.32 Å². The summed E-state index contributed by atoms with van der Waals surface area (Å²) in [5, 5.41) is 28.0. The quantitative estimate of drug-likeness (QED) is 0.873. The second-order valence-electron chi connectivity index (χ2n) is 5.05. The monoisotopic (exact) mass is 257 g/mol. The summed E-state index contributed by atoms with van der Waals surface area (Å²) < 4.78 is 1.34. The fourth-order valence-electron chi connectivity index (χ4n) is 2.65. The molecule has 2 aromatic heterocycles. The fraction of sp³-hybridized carbons (Fsp3) is 0.583. The molecule has 2 atom stereocenters. The molecule has 1 fully saturated rings. The Kier molecular flexibility index (Phi) is 2.99. The number of fused-ring (bicyclic) bond motifs is 1. The van der Waals surface area contributed by atoms with Crippen LogP contribution in [0.3, 0.4) is 0 Å². The molecule has 98 valence electrons. The van der Waals surface area contributed by atoms with Crippen LogP contribution in [0.1, 0.15) is 38.2 Å². The number of hydrogen-bond donors (Lipinski definition) is 1. The summed E-state index contributed by atoms with van der Waals surface area (Å²) in [7, 11) is 0. The molecule has 0 amide bonds. The minimum Gasteiger partial charge on any atom is -0.378 e. The van der Waals surface area contributed by atoms with Gasteiger partial charge in [0.05, 0.1) is 11.8 Å². The van der Waals surface area contributed by atoms with Crippen LogP contribution in [0.2, 0.25) is 0 Å². The lowest BCUT2D eigenvalue weighted by Crippen LogP contribution is -2.31. The first-order valence-electron chi connectivity index (χ1n) is 6.53. The van der Waals surface area contributed by atoms with Crippen LogP contribution < -0.4 is 5.32 Å². The standard InChI is InChI=1S/C12H15N7/c1-8-4-2-3-5-10(8)15-11-9(6-13)7-14-19-12(11)16-17-18-19/h7-8,10,15H,2-5H2,1H3. The Balaban J connectivity index is 1.98. The molecule has 1 N–H and O–H groups in total. The number of nitriles is 1. The van der Waals surface area contributed by atoms with E-state index in [2.05, 4.69) is 38.9 Å². The Morgan fingerprint density at radius 3 is 3.05 bits per heavy atom. The molecule has 19 heavy (non-hydrogen) atoms. The highest BCUT2D eigenvalue weighted by Gasteiger charge is 2.23. The van der Waals surface area contributed by atoms with Crippen LogP contribution in [0, 0.1) is 17.2 Å². The van der Waals surface area contributed by atoms with Crippen LogP contribution >= 0.6 is 0 Å². The van der Waals surface area contributed by atoms with Crippen molar-refractivity contribution in [1.82, 2.24) is 25.3 Å². The Morgan fingerprint density at radius 2 is 2.26 bits per heavy atom. The van der Waals surface area contributed by atoms with Gasteiger partial charge in [-0.25, -0.2) is 0 Å². The van der Waals surface area contributed by atoms with Gasteiger partial charge in [-0.15, -0.1) is 9.73 Å². The number of hydrogen-bond acceptors (Lipinski definition) is 6. The summed E-state index contributed by atoms with van der Waals surface area (Å²) in [5.41, 5.74) is 1.69. The van der Waals surface area contributed by atoms with Gasteiger partial charge >= 0.3 is 0 Å². The van der Waals surface area contributed by atoms with Crippen molar-refractivity contribution in [3.8, 4) is 6.07 Å². The number of tetrazole rings is 1. The van der Waals surface area contributed by atoms with Crippen molar-refractivity contribution < 1.29 is 0 Å². The number of nitrogens with zero attached hydrogens (tertiary/aromatic N) is 6. The van der Waals surface area contributed by atoms with E-state index in [0.717, 1.165) is 6.42 Å². The predicted octanol–water partition coefficient (Wildman–Crippen LogP) is 1.38. The minimum absolute atomic E-state index is 0.365. The topological polar surface area (TPSA) is 91.8 Å². The number of rotatable bonds is 2. The average Bonchev–Trinajstić information content (AvgIpc) is 2.90. The summed E-state index contributed by atoms with van der Waals surface area (Å²) in [5.74, 6) is 0.587. The maximum absolute atomic E-state index is 9.20. The zero-order chi connectivity index (χ0) is 13.2. The van der Waals surface area contributed by atoms with E-state index >= 15 is 0 Å². The van der Waals surface area contributed by atoms with E-state index in [1.807, 2.05) is 0 Å². The zero-order valence-corrected chi connectivity index (χ0v) is 10.7. The van der Waals surface area contributed by atoms with Gasteiger partial charge in [-0.05, 0) is 29.2 Å².